The maximum Gasteiger partial charge on any atom is 0.573 e. The highest BCUT2D eigenvalue weighted by Gasteiger charge is 2.31. The second kappa shape index (κ2) is 10.3. The van der Waals surface area contributed by atoms with Gasteiger partial charge in [-0.15, -0.1) is 13.2 Å². The quantitative estimate of drug-likeness (QED) is 0.562. The molecule has 12 heteroatoms. The van der Waals surface area contributed by atoms with E-state index < -0.39 is 12.3 Å². The molecule has 1 aliphatic heterocycles. The van der Waals surface area contributed by atoms with Gasteiger partial charge in [-0.25, -0.2) is 9.97 Å². The summed E-state index contributed by atoms with van der Waals surface area (Å²) in [6, 6.07) is 6.53. The van der Waals surface area contributed by atoms with Crippen molar-refractivity contribution in [1.82, 2.24) is 19.9 Å². The van der Waals surface area contributed by atoms with Crippen LogP contribution in [0.3, 0.4) is 0 Å². The molecule has 35 heavy (non-hydrogen) atoms. The number of anilines is 2. The first kappa shape index (κ1) is 24.5. The maximum atomic E-state index is 12.3. The van der Waals surface area contributed by atoms with Gasteiger partial charge in [-0.2, -0.15) is 4.98 Å². The molecular formula is C23H25F3N6O3. The van der Waals surface area contributed by atoms with Crippen LogP contribution in [-0.4, -0.2) is 72.0 Å². The summed E-state index contributed by atoms with van der Waals surface area (Å²) < 4.78 is 45.8. The first-order valence-electron chi connectivity index (χ1n) is 11.0. The van der Waals surface area contributed by atoms with Crippen LogP contribution in [0.2, 0.25) is 0 Å². The molecule has 1 amide bonds. The fourth-order valence-electron chi connectivity index (χ4n) is 3.68. The Bertz CT molecular complexity index is 1190. The molecule has 0 spiro atoms. The summed E-state index contributed by atoms with van der Waals surface area (Å²) in [5.41, 5.74) is 1.75. The molecular weight excluding hydrogens is 465 g/mol. The number of fused-ring (bicyclic) bond motifs is 1. The van der Waals surface area contributed by atoms with Gasteiger partial charge in [0.2, 0.25) is 5.95 Å². The van der Waals surface area contributed by atoms with E-state index in [1.807, 2.05) is 6.92 Å². The van der Waals surface area contributed by atoms with Crippen LogP contribution in [0, 0.1) is 6.92 Å². The first-order chi connectivity index (χ1) is 16.7. The van der Waals surface area contributed by atoms with E-state index in [1.165, 1.54) is 18.3 Å². The van der Waals surface area contributed by atoms with Crippen molar-refractivity contribution in [3.63, 3.8) is 0 Å². The number of nitrogens with zero attached hydrogens (tertiary/aromatic N) is 5. The molecule has 3 heterocycles. The van der Waals surface area contributed by atoms with Gasteiger partial charge in [0.05, 0.1) is 17.6 Å². The molecule has 2 aromatic heterocycles. The summed E-state index contributed by atoms with van der Waals surface area (Å²) in [4.78, 5) is 30.4. The number of hydrogen-bond donors (Lipinski definition) is 1. The Hall–Kier alpha value is -3.67. The summed E-state index contributed by atoms with van der Waals surface area (Å²) >= 11 is 0. The van der Waals surface area contributed by atoms with E-state index in [2.05, 4.69) is 41.9 Å². The highest BCUT2D eigenvalue weighted by atomic mass is 19.4. The number of carbonyl (C=O) groups excluding carboxylic acids is 1. The standard InChI is InChI=1S/C23H25F3N6O3/c1-15-19-12-16(13-27-21(19)30-22(28-15)32-9-3-8-31(2)10-11-32)29-20(33)14-34-17-4-6-18(7-5-17)35-23(24,25)26/h4-7,12-13H,3,8-11,14H2,1-2H3,(H,29,33). The topological polar surface area (TPSA) is 92.7 Å². The van der Waals surface area contributed by atoms with Crippen molar-refractivity contribution in [3.8, 4) is 11.5 Å². The highest BCUT2D eigenvalue weighted by molar-refractivity contribution is 5.94. The molecule has 4 rings (SSSR count). The molecule has 3 aromatic rings. The fraction of sp³-hybridized carbons (Fsp3) is 0.391. The number of hydrogen-bond acceptors (Lipinski definition) is 8. The van der Waals surface area contributed by atoms with Crippen LogP contribution in [0.15, 0.2) is 36.5 Å². The van der Waals surface area contributed by atoms with Crippen LogP contribution < -0.4 is 19.7 Å². The molecule has 0 aliphatic carbocycles. The van der Waals surface area contributed by atoms with Crippen LogP contribution in [0.1, 0.15) is 12.1 Å². The SMILES string of the molecule is Cc1nc(N2CCCN(C)CC2)nc2ncc(NC(=O)COc3ccc(OC(F)(F)F)cc3)cc12. The van der Waals surface area contributed by atoms with Gasteiger partial charge >= 0.3 is 6.36 Å². The molecule has 0 bridgehead atoms. The number of likely N-dealkylation sites (N-methyl/N-ethyl adjacent to an activating group) is 1. The number of carbonyl (C=O) groups is 1. The minimum atomic E-state index is -4.77. The Kier molecular flexibility index (Phi) is 7.20. The van der Waals surface area contributed by atoms with Gasteiger partial charge in [-0.3, -0.25) is 4.79 Å². The van der Waals surface area contributed by atoms with Crippen molar-refractivity contribution in [3.05, 3.63) is 42.2 Å². The molecule has 0 unspecified atom stereocenters. The number of benzene rings is 1. The molecule has 0 radical (unpaired) electrons. The molecule has 1 fully saturated rings. The van der Waals surface area contributed by atoms with Crippen molar-refractivity contribution in [2.24, 2.45) is 0 Å². The van der Waals surface area contributed by atoms with E-state index in [1.54, 1.807) is 6.07 Å². The van der Waals surface area contributed by atoms with E-state index in [0.29, 0.717) is 17.3 Å². The van der Waals surface area contributed by atoms with E-state index in [4.69, 9.17) is 4.74 Å². The summed E-state index contributed by atoms with van der Waals surface area (Å²) in [7, 11) is 2.10. The Morgan fingerprint density at radius 1 is 1.09 bits per heavy atom. The van der Waals surface area contributed by atoms with Gasteiger partial charge in [-0.1, -0.05) is 0 Å². The third-order valence-electron chi connectivity index (χ3n) is 5.44. The van der Waals surface area contributed by atoms with Gasteiger partial charge in [0.25, 0.3) is 5.91 Å². The van der Waals surface area contributed by atoms with Gasteiger partial charge in [0.1, 0.15) is 11.5 Å². The zero-order valence-corrected chi connectivity index (χ0v) is 19.3. The maximum absolute atomic E-state index is 12.3. The Balaban J connectivity index is 1.37. The molecule has 1 saturated heterocycles. The monoisotopic (exact) mass is 490 g/mol. The highest BCUT2D eigenvalue weighted by Crippen LogP contribution is 2.25. The fourth-order valence-corrected chi connectivity index (χ4v) is 3.68. The number of alkyl halides is 3. The number of halogens is 3. The summed E-state index contributed by atoms with van der Waals surface area (Å²) in [6.07, 6.45) is -2.23. The van der Waals surface area contributed by atoms with Crippen LogP contribution in [0.4, 0.5) is 24.8 Å². The number of aromatic nitrogens is 3. The average Bonchev–Trinajstić information content (AvgIpc) is 3.02. The van der Waals surface area contributed by atoms with Crippen molar-refractivity contribution in [2.75, 3.05) is 50.1 Å². The molecule has 186 valence electrons. The number of pyridine rings is 1. The number of rotatable bonds is 6. The van der Waals surface area contributed by atoms with Gasteiger partial charge in [-0.05, 0) is 57.3 Å². The van der Waals surface area contributed by atoms with Gasteiger partial charge in [0.15, 0.2) is 12.3 Å². The van der Waals surface area contributed by atoms with Crippen LogP contribution in [-0.2, 0) is 4.79 Å². The summed E-state index contributed by atoms with van der Waals surface area (Å²) in [5.74, 6) is 0.0449. The number of ether oxygens (including phenoxy) is 2. The van der Waals surface area contributed by atoms with Crippen molar-refractivity contribution in [1.29, 1.82) is 0 Å². The van der Waals surface area contributed by atoms with Crippen molar-refractivity contribution in [2.45, 2.75) is 19.7 Å². The predicted octanol–water partition coefficient (Wildman–Crippen LogP) is 3.39. The normalized spacial score (nSPS) is 15.1. The van der Waals surface area contributed by atoms with Crippen LogP contribution in [0.25, 0.3) is 11.0 Å². The number of amides is 1. The number of aryl methyl sites for hydroxylation is 1. The third kappa shape index (κ3) is 6.69. The van der Waals surface area contributed by atoms with Crippen LogP contribution in [0.5, 0.6) is 11.5 Å². The lowest BCUT2D eigenvalue weighted by molar-refractivity contribution is -0.274. The van der Waals surface area contributed by atoms with E-state index >= 15 is 0 Å². The Morgan fingerprint density at radius 2 is 1.83 bits per heavy atom. The minimum absolute atomic E-state index is 0.225. The summed E-state index contributed by atoms with van der Waals surface area (Å²) in [5, 5.41) is 3.42. The largest absolute Gasteiger partial charge is 0.573 e. The molecule has 9 nitrogen and oxygen atoms in total. The van der Waals surface area contributed by atoms with E-state index in [-0.39, 0.29) is 18.1 Å². The van der Waals surface area contributed by atoms with Crippen molar-refractivity contribution < 1.29 is 27.4 Å². The molecule has 0 saturated carbocycles. The molecule has 1 N–H and O–H groups in total. The first-order valence-corrected chi connectivity index (χ1v) is 11.0. The van der Waals surface area contributed by atoms with Crippen molar-refractivity contribution >= 4 is 28.6 Å². The number of nitrogens with one attached hydrogen (secondary N) is 1. The summed E-state index contributed by atoms with van der Waals surface area (Å²) in [6.45, 7) is 5.22. The second-order valence-corrected chi connectivity index (χ2v) is 8.20. The Morgan fingerprint density at radius 3 is 2.57 bits per heavy atom. The van der Waals surface area contributed by atoms with E-state index in [0.717, 1.165) is 55.8 Å². The predicted molar refractivity (Wildman–Crippen MR) is 124 cm³/mol. The average molecular weight is 490 g/mol. The zero-order chi connectivity index (χ0) is 25.0. The van der Waals surface area contributed by atoms with Gasteiger partial charge in [0, 0.05) is 25.0 Å². The Labute approximate surface area is 199 Å². The lowest BCUT2D eigenvalue weighted by Crippen LogP contribution is -2.30. The van der Waals surface area contributed by atoms with Gasteiger partial charge < -0.3 is 24.6 Å². The molecule has 0 atom stereocenters. The lowest BCUT2D eigenvalue weighted by Gasteiger charge is -2.21. The second-order valence-electron chi connectivity index (χ2n) is 8.20. The zero-order valence-electron chi connectivity index (χ0n) is 19.3. The molecule has 1 aromatic carbocycles. The van der Waals surface area contributed by atoms with Crippen LogP contribution >= 0.6 is 0 Å². The smallest absolute Gasteiger partial charge is 0.484 e. The molecule has 1 aliphatic rings. The third-order valence-corrected chi connectivity index (χ3v) is 5.44. The minimum Gasteiger partial charge on any atom is -0.484 e. The van der Waals surface area contributed by atoms with E-state index in [9.17, 15) is 18.0 Å². The lowest BCUT2D eigenvalue weighted by atomic mass is 10.2.